The number of nitrogens with zero attached hydrogens (tertiary/aromatic N) is 3. The molecule has 0 unspecified atom stereocenters. The normalized spacial score (nSPS) is 11.1. The summed E-state index contributed by atoms with van der Waals surface area (Å²) >= 11 is 0. The van der Waals surface area contributed by atoms with E-state index < -0.39 is 18.9 Å². The van der Waals surface area contributed by atoms with E-state index in [-0.39, 0.29) is 13.1 Å². The summed E-state index contributed by atoms with van der Waals surface area (Å²) in [5.41, 5.74) is 6.48. The van der Waals surface area contributed by atoms with Gasteiger partial charge < -0.3 is 10.6 Å². The van der Waals surface area contributed by atoms with Crippen LogP contribution in [-0.2, 0) is 13.0 Å². The molecule has 0 aliphatic carbocycles. The van der Waals surface area contributed by atoms with Crippen molar-refractivity contribution < 1.29 is 13.6 Å². The Morgan fingerprint density at radius 2 is 2.21 bits per heavy atom. The predicted octanol–water partition coefficient (Wildman–Crippen LogP) is 1.13. The van der Waals surface area contributed by atoms with Gasteiger partial charge >= 0.3 is 0 Å². The van der Waals surface area contributed by atoms with Crippen molar-refractivity contribution in [3.8, 4) is 0 Å². The van der Waals surface area contributed by atoms with Gasteiger partial charge in [0.25, 0.3) is 12.3 Å². The SMILES string of the molecule is CCc1cc(C(=O)N(CCN)CC(F)F)n(CC)n1. The number of aryl methyl sites for hydroxylation is 2. The largest absolute Gasteiger partial charge is 0.330 e. The Bertz CT molecular complexity index is 420. The fourth-order valence-corrected chi connectivity index (χ4v) is 1.82. The highest BCUT2D eigenvalue weighted by Gasteiger charge is 2.22. The summed E-state index contributed by atoms with van der Waals surface area (Å²) in [5, 5.41) is 4.24. The van der Waals surface area contributed by atoms with Gasteiger partial charge in [-0.05, 0) is 19.4 Å². The molecular weight excluding hydrogens is 254 g/mol. The number of nitrogens with two attached hydrogens (primary N) is 1. The van der Waals surface area contributed by atoms with Crippen molar-refractivity contribution in [3.05, 3.63) is 17.5 Å². The number of amides is 1. The molecule has 1 rings (SSSR count). The zero-order chi connectivity index (χ0) is 14.4. The van der Waals surface area contributed by atoms with Crippen LogP contribution in [0.4, 0.5) is 8.78 Å². The number of alkyl halides is 2. The fraction of sp³-hybridized carbons (Fsp3) is 0.667. The van der Waals surface area contributed by atoms with Crippen LogP contribution in [0.3, 0.4) is 0 Å². The molecule has 0 fully saturated rings. The lowest BCUT2D eigenvalue weighted by Crippen LogP contribution is -2.39. The van der Waals surface area contributed by atoms with Crippen LogP contribution in [0.1, 0.15) is 30.0 Å². The van der Waals surface area contributed by atoms with Gasteiger partial charge in [0.2, 0.25) is 0 Å². The Morgan fingerprint density at radius 1 is 1.53 bits per heavy atom. The second-order valence-electron chi connectivity index (χ2n) is 4.12. The maximum Gasteiger partial charge on any atom is 0.272 e. The molecule has 1 heterocycles. The maximum atomic E-state index is 12.5. The molecule has 0 radical (unpaired) electrons. The fourth-order valence-electron chi connectivity index (χ4n) is 1.82. The van der Waals surface area contributed by atoms with Gasteiger partial charge in [0.1, 0.15) is 5.69 Å². The molecule has 7 heteroatoms. The van der Waals surface area contributed by atoms with Gasteiger partial charge in [-0.25, -0.2) is 8.78 Å². The quantitative estimate of drug-likeness (QED) is 0.810. The average Bonchev–Trinajstić information content (AvgIpc) is 2.80. The summed E-state index contributed by atoms with van der Waals surface area (Å²) < 4.78 is 26.5. The average molecular weight is 274 g/mol. The van der Waals surface area contributed by atoms with E-state index in [0.29, 0.717) is 18.7 Å². The summed E-state index contributed by atoms with van der Waals surface area (Å²) in [6, 6.07) is 1.65. The molecule has 0 aliphatic rings. The van der Waals surface area contributed by atoms with Gasteiger partial charge in [0, 0.05) is 19.6 Å². The van der Waals surface area contributed by atoms with E-state index in [0.717, 1.165) is 10.6 Å². The smallest absolute Gasteiger partial charge is 0.272 e. The van der Waals surface area contributed by atoms with E-state index in [4.69, 9.17) is 5.73 Å². The van der Waals surface area contributed by atoms with Gasteiger partial charge in [-0.3, -0.25) is 9.48 Å². The van der Waals surface area contributed by atoms with Gasteiger partial charge in [-0.15, -0.1) is 0 Å². The first kappa shape index (κ1) is 15.6. The summed E-state index contributed by atoms with van der Waals surface area (Å²) in [5.74, 6) is -0.445. The van der Waals surface area contributed by atoms with Crippen LogP contribution in [0.5, 0.6) is 0 Å². The second kappa shape index (κ2) is 7.18. The molecule has 0 aliphatic heterocycles. The minimum absolute atomic E-state index is 0.111. The molecule has 0 spiro atoms. The first-order valence-corrected chi connectivity index (χ1v) is 6.37. The number of halogens is 2. The lowest BCUT2D eigenvalue weighted by atomic mass is 10.2. The molecule has 19 heavy (non-hydrogen) atoms. The molecule has 2 N–H and O–H groups in total. The third-order valence-corrected chi connectivity index (χ3v) is 2.76. The van der Waals surface area contributed by atoms with E-state index >= 15 is 0 Å². The third kappa shape index (κ3) is 3.99. The van der Waals surface area contributed by atoms with Crippen LogP contribution >= 0.6 is 0 Å². The molecule has 0 aromatic carbocycles. The molecule has 0 saturated heterocycles. The molecule has 0 atom stereocenters. The second-order valence-corrected chi connectivity index (χ2v) is 4.12. The van der Waals surface area contributed by atoms with Crippen molar-refractivity contribution in [2.75, 3.05) is 19.6 Å². The number of hydrogen-bond acceptors (Lipinski definition) is 3. The number of carbonyl (C=O) groups excluding carboxylic acids is 1. The Morgan fingerprint density at radius 3 is 2.68 bits per heavy atom. The highest BCUT2D eigenvalue weighted by atomic mass is 19.3. The van der Waals surface area contributed by atoms with Crippen LogP contribution in [0.25, 0.3) is 0 Å². The Labute approximate surface area is 111 Å². The van der Waals surface area contributed by atoms with E-state index in [2.05, 4.69) is 5.10 Å². The molecule has 1 aromatic heterocycles. The monoisotopic (exact) mass is 274 g/mol. The zero-order valence-electron chi connectivity index (χ0n) is 11.3. The zero-order valence-corrected chi connectivity index (χ0v) is 11.3. The number of aromatic nitrogens is 2. The molecule has 1 amide bonds. The van der Waals surface area contributed by atoms with Crippen LogP contribution in [0.15, 0.2) is 6.07 Å². The van der Waals surface area contributed by atoms with E-state index in [9.17, 15) is 13.6 Å². The lowest BCUT2D eigenvalue weighted by molar-refractivity contribution is 0.0552. The van der Waals surface area contributed by atoms with Crippen molar-refractivity contribution in [3.63, 3.8) is 0 Å². The summed E-state index contributed by atoms with van der Waals surface area (Å²) in [7, 11) is 0. The van der Waals surface area contributed by atoms with Gasteiger partial charge in [0.05, 0.1) is 12.2 Å². The Kier molecular flexibility index (Phi) is 5.88. The maximum absolute atomic E-state index is 12.5. The minimum Gasteiger partial charge on any atom is -0.330 e. The lowest BCUT2D eigenvalue weighted by Gasteiger charge is -2.21. The van der Waals surface area contributed by atoms with Crippen molar-refractivity contribution in [2.45, 2.75) is 33.2 Å². The van der Waals surface area contributed by atoms with Gasteiger partial charge in [-0.1, -0.05) is 6.92 Å². The van der Waals surface area contributed by atoms with Crippen molar-refractivity contribution in [2.24, 2.45) is 5.73 Å². The number of hydrogen-bond donors (Lipinski definition) is 1. The Balaban J connectivity index is 2.97. The third-order valence-electron chi connectivity index (χ3n) is 2.76. The summed E-state index contributed by atoms with van der Waals surface area (Å²) in [4.78, 5) is 13.3. The first-order chi connectivity index (χ1) is 9.03. The predicted molar refractivity (Wildman–Crippen MR) is 68.2 cm³/mol. The van der Waals surface area contributed by atoms with Crippen LogP contribution in [0.2, 0.25) is 0 Å². The highest BCUT2D eigenvalue weighted by molar-refractivity contribution is 5.92. The molecular formula is C12H20F2N4O. The number of carbonyl (C=O) groups is 1. The molecule has 5 nitrogen and oxygen atoms in total. The van der Waals surface area contributed by atoms with Crippen LogP contribution in [-0.4, -0.2) is 46.6 Å². The molecule has 108 valence electrons. The Hall–Kier alpha value is -1.50. The minimum atomic E-state index is -2.57. The highest BCUT2D eigenvalue weighted by Crippen LogP contribution is 2.10. The molecule has 0 saturated carbocycles. The van der Waals surface area contributed by atoms with Gasteiger partial charge in [0.15, 0.2) is 0 Å². The number of rotatable bonds is 7. The topological polar surface area (TPSA) is 64.2 Å². The van der Waals surface area contributed by atoms with Crippen molar-refractivity contribution in [1.29, 1.82) is 0 Å². The molecule has 0 bridgehead atoms. The van der Waals surface area contributed by atoms with E-state index in [1.54, 1.807) is 6.07 Å². The van der Waals surface area contributed by atoms with Gasteiger partial charge in [-0.2, -0.15) is 5.10 Å². The van der Waals surface area contributed by atoms with Crippen molar-refractivity contribution in [1.82, 2.24) is 14.7 Å². The van der Waals surface area contributed by atoms with E-state index in [1.807, 2.05) is 13.8 Å². The molecule has 1 aromatic rings. The summed E-state index contributed by atoms with van der Waals surface area (Å²) in [6.45, 7) is 3.95. The van der Waals surface area contributed by atoms with Crippen LogP contribution in [0, 0.1) is 0 Å². The summed E-state index contributed by atoms with van der Waals surface area (Å²) in [6.07, 6.45) is -1.88. The first-order valence-electron chi connectivity index (χ1n) is 6.37. The van der Waals surface area contributed by atoms with Crippen LogP contribution < -0.4 is 5.73 Å². The standard InChI is InChI=1S/C12H20F2N4O/c1-3-9-7-10(18(4-2)16-9)12(19)17(6-5-15)8-11(13)14/h7,11H,3-6,8,15H2,1-2H3. The van der Waals surface area contributed by atoms with E-state index in [1.165, 1.54) is 4.68 Å². The van der Waals surface area contributed by atoms with Crippen molar-refractivity contribution >= 4 is 5.91 Å².